The third kappa shape index (κ3) is 19.5. The fraction of sp³-hybridized carbons (Fsp3) is 0.920. The van der Waals surface area contributed by atoms with Gasteiger partial charge >= 0.3 is 0 Å². The molecule has 0 radical (unpaired) electrons. The fourth-order valence-corrected chi connectivity index (χ4v) is 24.2. The van der Waals surface area contributed by atoms with Crippen LogP contribution in [0.25, 0.3) is 0 Å². The minimum Gasteiger partial charge on any atom is -0.353 e. The van der Waals surface area contributed by atoms with Crippen LogP contribution in [0.1, 0.15) is 372 Å². The highest BCUT2D eigenvalue weighted by Gasteiger charge is 2.63. The Hall–Kier alpha value is -3.03. The predicted molar refractivity (Wildman–Crippen MR) is 443 cm³/mol. The predicted octanol–water partition coefficient (Wildman–Crippen LogP) is 17.3. The third-order valence-corrected chi connectivity index (χ3v) is 26.7. The average Bonchev–Trinajstić information content (AvgIpc) is 0.702. The molecule has 0 bridgehead atoms. The van der Waals surface area contributed by atoms with Crippen molar-refractivity contribution < 1.29 is 0 Å². The first kappa shape index (κ1) is 85.0. The lowest BCUT2D eigenvalue weighted by Crippen LogP contribution is -2.80. The summed E-state index contributed by atoms with van der Waals surface area (Å²) in [6.07, 6.45) is 27.5. The van der Waals surface area contributed by atoms with Crippen molar-refractivity contribution in [3.8, 4) is 0 Å². The number of anilines is 4. The van der Waals surface area contributed by atoms with E-state index >= 15 is 0 Å². The van der Waals surface area contributed by atoms with E-state index < -0.39 is 5.54 Å². The maximum atomic E-state index is 6.10. The second kappa shape index (κ2) is 31.3. The summed E-state index contributed by atoms with van der Waals surface area (Å²) in [7, 11) is 4.86. The Kier molecular flexibility index (Phi) is 25.5. The van der Waals surface area contributed by atoms with Gasteiger partial charge in [0, 0.05) is 135 Å². The Morgan fingerprint density at radius 3 is 1.05 bits per heavy atom. The molecular formula is C87H163N17. The number of unbranched alkanes of at least 4 members (excludes halogenated alkanes) is 4. The first-order chi connectivity index (χ1) is 48.0. The summed E-state index contributed by atoms with van der Waals surface area (Å²) in [5, 5.41) is 25.1. The Bertz CT molecular complexity index is 2990. The summed E-state index contributed by atoms with van der Waals surface area (Å²) in [6.45, 7) is 71.6. The van der Waals surface area contributed by atoms with Crippen LogP contribution in [0.5, 0.6) is 0 Å². The molecule has 1 aliphatic carbocycles. The lowest BCUT2D eigenvalue weighted by atomic mass is 9.53. The average molecular weight is 1450 g/mol. The lowest BCUT2D eigenvalue weighted by Gasteiger charge is -2.67. The third-order valence-electron chi connectivity index (χ3n) is 26.7. The molecule has 6 N–H and O–H groups in total. The molecule has 8 heterocycles. The molecule has 2 aromatic rings. The van der Waals surface area contributed by atoms with Gasteiger partial charge in [-0.15, -0.1) is 0 Å². The molecule has 17 heteroatoms. The molecule has 1 saturated carbocycles. The van der Waals surface area contributed by atoms with E-state index in [1.165, 1.54) is 5.69 Å². The van der Waals surface area contributed by atoms with Crippen LogP contribution in [0.3, 0.4) is 0 Å². The van der Waals surface area contributed by atoms with Gasteiger partial charge < -0.3 is 51.5 Å². The molecule has 2 spiro atoms. The standard InChI is InChI=1S/C87H163N17/c1-31-39-43-101(64-50-74(9,10)93-75(11,12)51-64)69-47-68(88-72(89-69)102(44-40-32-2)65-52-76(13,14)94-77(15,16)53-65)86(35-5,36-6)100(30)63-49-83(27,28)98-85(59-63)60-84(61-85)58-62(48-82(25,26)97-84)99(29)71-90-70(91-73(92-71)103(45-41-33-3)66-54-78(17,18)95-79(19,20)55-66)87(37-7,38-8)104(46-42-34-4)67-56-80(21,22)96-81(23,24)57-67/h47,62-67,93-98H,31-46,48-61H2,1-30H3. The Morgan fingerprint density at radius 1 is 0.337 bits per heavy atom. The van der Waals surface area contributed by atoms with Crippen LogP contribution in [0, 0.1) is 0 Å². The zero-order valence-corrected chi connectivity index (χ0v) is 73.2. The van der Waals surface area contributed by atoms with E-state index in [0.717, 1.165) is 223 Å². The Balaban J connectivity index is 1.11. The van der Waals surface area contributed by atoms with Crippen molar-refractivity contribution in [2.45, 2.75) is 475 Å². The summed E-state index contributed by atoms with van der Waals surface area (Å²) in [5.74, 6) is 4.76. The Labute approximate surface area is 639 Å². The molecule has 6 saturated heterocycles. The van der Waals surface area contributed by atoms with Gasteiger partial charge in [-0.3, -0.25) is 9.80 Å². The first-order valence-electron chi connectivity index (χ1n) is 43.0. The second-order valence-electron chi connectivity index (χ2n) is 42.4. The summed E-state index contributed by atoms with van der Waals surface area (Å²) >= 11 is 0. The van der Waals surface area contributed by atoms with Gasteiger partial charge in [-0.05, 0) is 293 Å². The molecule has 2 aromatic heterocycles. The highest BCUT2D eigenvalue weighted by molar-refractivity contribution is 5.50. The second-order valence-corrected chi connectivity index (χ2v) is 42.4. The smallest absolute Gasteiger partial charge is 0.230 e. The van der Waals surface area contributed by atoms with Crippen LogP contribution in [-0.4, -0.2) is 178 Å². The van der Waals surface area contributed by atoms with Crippen molar-refractivity contribution >= 4 is 23.7 Å². The number of nitrogens with one attached hydrogen (secondary N) is 6. The van der Waals surface area contributed by atoms with Gasteiger partial charge in [0.2, 0.25) is 17.8 Å². The molecule has 9 rings (SSSR count). The van der Waals surface area contributed by atoms with Crippen LogP contribution >= 0.6 is 0 Å². The van der Waals surface area contributed by atoms with E-state index in [2.05, 4.69) is 275 Å². The molecule has 0 aromatic carbocycles. The van der Waals surface area contributed by atoms with Crippen LogP contribution in [0.15, 0.2) is 6.07 Å². The molecule has 2 atom stereocenters. The van der Waals surface area contributed by atoms with E-state index in [0.29, 0.717) is 24.2 Å². The van der Waals surface area contributed by atoms with E-state index in [1.807, 2.05) is 0 Å². The molecule has 596 valence electrons. The first-order valence-corrected chi connectivity index (χ1v) is 43.0. The number of hydrogen-bond acceptors (Lipinski definition) is 17. The molecule has 2 unspecified atom stereocenters. The molecule has 7 fully saturated rings. The monoisotopic (exact) mass is 1450 g/mol. The van der Waals surface area contributed by atoms with Crippen molar-refractivity contribution in [3.63, 3.8) is 0 Å². The van der Waals surface area contributed by atoms with Crippen molar-refractivity contribution in [1.82, 2.24) is 66.6 Å². The topological polar surface area (TPSA) is 156 Å². The van der Waals surface area contributed by atoms with Crippen LogP contribution < -0.4 is 51.5 Å². The van der Waals surface area contributed by atoms with E-state index in [9.17, 15) is 0 Å². The van der Waals surface area contributed by atoms with Gasteiger partial charge in [0.25, 0.3) is 0 Å². The van der Waals surface area contributed by atoms with Crippen LogP contribution in [0.4, 0.5) is 23.7 Å². The maximum Gasteiger partial charge on any atom is 0.230 e. The molecule has 104 heavy (non-hydrogen) atoms. The maximum absolute atomic E-state index is 6.10. The molecule has 6 aliphatic heterocycles. The van der Waals surface area contributed by atoms with Gasteiger partial charge in [0.1, 0.15) is 5.82 Å². The van der Waals surface area contributed by atoms with Gasteiger partial charge in [-0.1, -0.05) is 81.1 Å². The van der Waals surface area contributed by atoms with Crippen molar-refractivity contribution in [1.29, 1.82) is 0 Å². The number of piperidine rings is 6. The fourth-order valence-electron chi connectivity index (χ4n) is 24.2. The summed E-state index contributed by atoms with van der Waals surface area (Å²) in [4.78, 5) is 46.4. The summed E-state index contributed by atoms with van der Waals surface area (Å²) in [5.41, 5.74) is -0.0730. The summed E-state index contributed by atoms with van der Waals surface area (Å²) in [6, 6.07) is 4.32. The van der Waals surface area contributed by atoms with E-state index in [4.69, 9.17) is 24.9 Å². The highest BCUT2D eigenvalue weighted by atomic mass is 15.4. The largest absolute Gasteiger partial charge is 0.353 e. The van der Waals surface area contributed by atoms with Crippen molar-refractivity contribution in [2.24, 2.45) is 0 Å². The van der Waals surface area contributed by atoms with Crippen LogP contribution in [0.2, 0.25) is 0 Å². The Morgan fingerprint density at radius 2 is 0.654 bits per heavy atom. The lowest BCUT2D eigenvalue weighted by molar-refractivity contribution is -0.0828. The molecular weight excluding hydrogens is 1280 g/mol. The molecule has 17 nitrogen and oxygen atoms in total. The number of nitrogens with zero attached hydrogens (tertiary/aromatic N) is 11. The quantitative estimate of drug-likeness (QED) is 0.0439. The number of rotatable bonds is 30. The highest BCUT2D eigenvalue weighted by Crippen LogP contribution is 2.56. The van der Waals surface area contributed by atoms with Crippen LogP contribution in [-0.2, 0) is 11.1 Å². The van der Waals surface area contributed by atoms with E-state index in [1.54, 1.807) is 0 Å². The normalized spacial score (nSPS) is 28.0. The molecule has 0 amide bonds. The van der Waals surface area contributed by atoms with Crippen molar-refractivity contribution in [2.75, 3.05) is 59.9 Å². The minimum atomic E-state index is -0.392. The zero-order valence-electron chi connectivity index (χ0n) is 73.2. The van der Waals surface area contributed by atoms with Gasteiger partial charge in [-0.25, -0.2) is 4.98 Å². The number of aromatic nitrogens is 5. The van der Waals surface area contributed by atoms with E-state index in [-0.39, 0.29) is 84.1 Å². The van der Waals surface area contributed by atoms with Gasteiger partial charge in [-0.2, -0.15) is 19.9 Å². The van der Waals surface area contributed by atoms with Gasteiger partial charge in [0.15, 0.2) is 5.82 Å². The number of hydrogen-bond donors (Lipinski definition) is 6. The van der Waals surface area contributed by atoms with Gasteiger partial charge in [0.05, 0.1) is 16.8 Å². The minimum absolute atomic E-state index is 0.0110. The SMILES string of the molecule is CCCCN(c1cc(C(CC)(CC)N(C)C2CC(C)(C)NC3(C2)CC2(CC(N(C)c4nc(N(CCCC)C5CC(C)(C)NC(C)(C)C5)nc(C(CC)(CC)N(CCCC)C5CC(C)(C)NC(C)(C)C5)n4)CC(C)(C)N2)C3)nc(N(CCCC)C2CC(C)(C)NC(C)(C)C2)n1)C1CC(C)(C)NC(C)(C)C1. The summed E-state index contributed by atoms with van der Waals surface area (Å²) < 4.78 is 0. The molecule has 7 aliphatic rings. The zero-order chi connectivity index (χ0) is 77.1. The van der Waals surface area contributed by atoms with Crippen molar-refractivity contribution in [3.05, 3.63) is 17.6 Å².